The molecule has 0 aromatic heterocycles. The van der Waals surface area contributed by atoms with Crippen LogP contribution in [0.25, 0.3) is 0 Å². The van der Waals surface area contributed by atoms with Gasteiger partial charge in [-0.05, 0) is 36.1 Å². The molecule has 2 rings (SSSR count). The summed E-state index contributed by atoms with van der Waals surface area (Å²) in [6, 6.07) is 12.4. The smallest absolute Gasteiger partial charge is 0.166 e. The van der Waals surface area contributed by atoms with Gasteiger partial charge < -0.3 is 10.5 Å². The topological polar surface area (TPSA) is 35.2 Å². The van der Waals surface area contributed by atoms with E-state index in [1.54, 1.807) is 12.1 Å². The SMILES string of the molecule is C[C@H](N)c1ccc(Oc2ccccc2C(C)(C)C)c(F)c1. The molecule has 0 aliphatic carbocycles. The van der Waals surface area contributed by atoms with Gasteiger partial charge in [-0.1, -0.05) is 45.0 Å². The maximum Gasteiger partial charge on any atom is 0.166 e. The summed E-state index contributed by atoms with van der Waals surface area (Å²) in [7, 11) is 0. The Morgan fingerprint density at radius 1 is 1.05 bits per heavy atom. The third-order valence-corrected chi connectivity index (χ3v) is 3.40. The summed E-state index contributed by atoms with van der Waals surface area (Å²) >= 11 is 0. The third-order valence-electron chi connectivity index (χ3n) is 3.40. The molecule has 0 bridgehead atoms. The fourth-order valence-corrected chi connectivity index (χ4v) is 2.18. The van der Waals surface area contributed by atoms with Gasteiger partial charge in [0.2, 0.25) is 0 Å². The van der Waals surface area contributed by atoms with Crippen molar-refractivity contribution in [3.8, 4) is 11.5 Å². The van der Waals surface area contributed by atoms with Crippen LogP contribution in [0.15, 0.2) is 42.5 Å². The van der Waals surface area contributed by atoms with Gasteiger partial charge in [0.25, 0.3) is 0 Å². The average molecular weight is 287 g/mol. The van der Waals surface area contributed by atoms with E-state index in [-0.39, 0.29) is 17.2 Å². The molecule has 0 saturated heterocycles. The van der Waals surface area contributed by atoms with Crippen LogP contribution in [0, 0.1) is 5.82 Å². The van der Waals surface area contributed by atoms with E-state index in [0.29, 0.717) is 5.75 Å². The molecule has 0 radical (unpaired) electrons. The molecule has 2 N–H and O–H groups in total. The van der Waals surface area contributed by atoms with Crippen molar-refractivity contribution in [1.29, 1.82) is 0 Å². The highest BCUT2D eigenvalue weighted by molar-refractivity contribution is 5.42. The van der Waals surface area contributed by atoms with Crippen molar-refractivity contribution in [2.45, 2.75) is 39.2 Å². The van der Waals surface area contributed by atoms with E-state index in [1.165, 1.54) is 6.07 Å². The first kappa shape index (κ1) is 15.5. The maximum atomic E-state index is 14.1. The van der Waals surface area contributed by atoms with E-state index in [0.717, 1.165) is 11.1 Å². The Labute approximate surface area is 125 Å². The van der Waals surface area contributed by atoms with Gasteiger partial charge >= 0.3 is 0 Å². The molecule has 0 aliphatic heterocycles. The summed E-state index contributed by atoms with van der Waals surface area (Å²) in [4.78, 5) is 0. The molecule has 2 nitrogen and oxygen atoms in total. The van der Waals surface area contributed by atoms with Gasteiger partial charge in [-0.3, -0.25) is 0 Å². The molecule has 0 fully saturated rings. The molecule has 3 heteroatoms. The van der Waals surface area contributed by atoms with Gasteiger partial charge in [-0.2, -0.15) is 0 Å². The Morgan fingerprint density at radius 2 is 1.71 bits per heavy atom. The first-order valence-electron chi connectivity index (χ1n) is 7.11. The second kappa shape index (κ2) is 5.86. The highest BCUT2D eigenvalue weighted by Gasteiger charge is 2.19. The van der Waals surface area contributed by atoms with E-state index in [9.17, 15) is 4.39 Å². The van der Waals surface area contributed by atoms with E-state index < -0.39 is 5.82 Å². The number of benzene rings is 2. The zero-order valence-electron chi connectivity index (χ0n) is 13.0. The van der Waals surface area contributed by atoms with Crippen LogP contribution in [-0.4, -0.2) is 0 Å². The summed E-state index contributed by atoms with van der Waals surface area (Å²) in [5.74, 6) is 0.502. The molecule has 21 heavy (non-hydrogen) atoms. The Kier molecular flexibility index (Phi) is 4.33. The van der Waals surface area contributed by atoms with Crippen molar-refractivity contribution < 1.29 is 9.13 Å². The van der Waals surface area contributed by atoms with Gasteiger partial charge in [0.15, 0.2) is 11.6 Å². The van der Waals surface area contributed by atoms with Crippen molar-refractivity contribution in [2.24, 2.45) is 5.73 Å². The van der Waals surface area contributed by atoms with Crippen molar-refractivity contribution in [1.82, 2.24) is 0 Å². The van der Waals surface area contributed by atoms with Crippen LogP contribution < -0.4 is 10.5 Å². The molecule has 0 saturated carbocycles. The lowest BCUT2D eigenvalue weighted by Gasteiger charge is -2.22. The average Bonchev–Trinajstić information content (AvgIpc) is 2.40. The van der Waals surface area contributed by atoms with Crippen LogP contribution in [0.1, 0.15) is 44.9 Å². The Morgan fingerprint density at radius 3 is 2.29 bits per heavy atom. The molecule has 0 unspecified atom stereocenters. The molecule has 0 amide bonds. The zero-order chi connectivity index (χ0) is 15.6. The van der Waals surface area contributed by atoms with Crippen LogP contribution in [0.2, 0.25) is 0 Å². The van der Waals surface area contributed by atoms with Crippen molar-refractivity contribution in [2.75, 3.05) is 0 Å². The minimum Gasteiger partial charge on any atom is -0.454 e. The minimum absolute atomic E-state index is 0.0707. The van der Waals surface area contributed by atoms with Gasteiger partial charge in [0.05, 0.1) is 0 Å². The van der Waals surface area contributed by atoms with E-state index in [4.69, 9.17) is 10.5 Å². The molecule has 2 aromatic carbocycles. The van der Waals surface area contributed by atoms with E-state index in [1.807, 2.05) is 31.2 Å². The quantitative estimate of drug-likeness (QED) is 0.868. The Hall–Kier alpha value is -1.87. The predicted molar refractivity (Wildman–Crippen MR) is 84.2 cm³/mol. The highest BCUT2D eigenvalue weighted by atomic mass is 19.1. The van der Waals surface area contributed by atoms with Crippen LogP contribution in [0.5, 0.6) is 11.5 Å². The molecule has 2 aromatic rings. The number of hydrogen-bond donors (Lipinski definition) is 1. The first-order valence-corrected chi connectivity index (χ1v) is 7.11. The molecule has 0 heterocycles. The number of nitrogens with two attached hydrogens (primary N) is 1. The predicted octanol–water partition coefficient (Wildman–Crippen LogP) is 4.94. The first-order chi connectivity index (χ1) is 9.79. The lowest BCUT2D eigenvalue weighted by atomic mass is 9.86. The minimum atomic E-state index is -0.395. The van der Waals surface area contributed by atoms with Gasteiger partial charge in [0.1, 0.15) is 5.75 Å². The fourth-order valence-electron chi connectivity index (χ4n) is 2.18. The van der Waals surface area contributed by atoms with Gasteiger partial charge in [0, 0.05) is 11.6 Å². The van der Waals surface area contributed by atoms with Crippen LogP contribution in [0.3, 0.4) is 0 Å². The fraction of sp³-hybridized carbons (Fsp3) is 0.333. The van der Waals surface area contributed by atoms with E-state index >= 15 is 0 Å². The number of hydrogen-bond acceptors (Lipinski definition) is 2. The second-order valence-electron chi connectivity index (χ2n) is 6.33. The van der Waals surface area contributed by atoms with E-state index in [2.05, 4.69) is 20.8 Å². The number of rotatable bonds is 3. The summed E-state index contributed by atoms with van der Waals surface area (Å²) in [6.07, 6.45) is 0. The van der Waals surface area contributed by atoms with Crippen molar-refractivity contribution in [3.05, 3.63) is 59.4 Å². The molecule has 0 aliphatic rings. The van der Waals surface area contributed by atoms with Crippen molar-refractivity contribution in [3.63, 3.8) is 0 Å². The lowest BCUT2D eigenvalue weighted by Crippen LogP contribution is -2.12. The lowest BCUT2D eigenvalue weighted by molar-refractivity contribution is 0.424. The molecule has 112 valence electrons. The van der Waals surface area contributed by atoms with Gasteiger partial charge in [-0.15, -0.1) is 0 Å². The monoisotopic (exact) mass is 287 g/mol. The third kappa shape index (κ3) is 3.61. The number of para-hydroxylation sites is 1. The van der Waals surface area contributed by atoms with Crippen LogP contribution in [0.4, 0.5) is 4.39 Å². The standard InChI is InChI=1S/C18H22FNO/c1-12(20)13-9-10-17(15(19)11-13)21-16-8-6-5-7-14(16)18(2,3)4/h5-12H,20H2,1-4H3/t12-/m0/s1. The number of ether oxygens (including phenoxy) is 1. The second-order valence-corrected chi connectivity index (χ2v) is 6.33. The Balaban J connectivity index is 2.35. The van der Waals surface area contributed by atoms with Crippen LogP contribution in [-0.2, 0) is 5.41 Å². The molecular formula is C18H22FNO. The normalized spacial score (nSPS) is 13.0. The number of halogens is 1. The Bertz CT molecular complexity index is 629. The van der Waals surface area contributed by atoms with Gasteiger partial charge in [-0.25, -0.2) is 4.39 Å². The zero-order valence-corrected chi connectivity index (χ0v) is 13.0. The highest BCUT2D eigenvalue weighted by Crippen LogP contribution is 2.35. The largest absolute Gasteiger partial charge is 0.454 e. The summed E-state index contributed by atoms with van der Waals surface area (Å²) < 4.78 is 19.9. The summed E-state index contributed by atoms with van der Waals surface area (Å²) in [5, 5.41) is 0. The maximum absolute atomic E-state index is 14.1. The summed E-state index contributed by atoms with van der Waals surface area (Å²) in [5.41, 5.74) is 7.48. The molecular weight excluding hydrogens is 265 g/mol. The van der Waals surface area contributed by atoms with Crippen LogP contribution >= 0.6 is 0 Å². The summed E-state index contributed by atoms with van der Waals surface area (Å²) in [6.45, 7) is 8.13. The van der Waals surface area contributed by atoms with Crippen molar-refractivity contribution >= 4 is 0 Å². The molecule has 0 spiro atoms. The molecule has 1 atom stereocenters.